The van der Waals surface area contributed by atoms with Crippen molar-refractivity contribution in [3.8, 4) is 11.3 Å². The first-order valence-corrected chi connectivity index (χ1v) is 7.17. The Labute approximate surface area is 134 Å². The summed E-state index contributed by atoms with van der Waals surface area (Å²) < 4.78 is 16.6. The van der Waals surface area contributed by atoms with E-state index in [0.29, 0.717) is 33.4 Å². The van der Waals surface area contributed by atoms with E-state index in [1.54, 1.807) is 26.1 Å². The molecule has 8 heteroatoms. The fraction of sp³-hybridized carbons (Fsp3) is 0.125. The van der Waals surface area contributed by atoms with Crippen molar-refractivity contribution in [2.24, 2.45) is 7.05 Å². The molecule has 0 spiro atoms. The number of rotatable bonds is 2. The molecular weight excluding hydrogens is 313 g/mol. The van der Waals surface area contributed by atoms with Gasteiger partial charge in [-0.15, -0.1) is 5.10 Å². The minimum Gasteiger partial charge on any atom is -0.478 e. The van der Waals surface area contributed by atoms with Crippen LogP contribution in [0, 0.1) is 12.7 Å². The van der Waals surface area contributed by atoms with Gasteiger partial charge in [0.25, 0.3) is 0 Å². The molecule has 1 aromatic carbocycles. The monoisotopic (exact) mass is 325 g/mol. The summed E-state index contributed by atoms with van der Waals surface area (Å²) in [6, 6.07) is 4.86. The van der Waals surface area contributed by atoms with Crippen molar-refractivity contribution >= 4 is 27.9 Å². The molecule has 0 atom stereocenters. The first kappa shape index (κ1) is 14.3. The van der Waals surface area contributed by atoms with E-state index in [1.165, 1.54) is 16.9 Å². The molecule has 24 heavy (non-hydrogen) atoms. The molecule has 0 bridgehead atoms. The van der Waals surface area contributed by atoms with Gasteiger partial charge in [-0.1, -0.05) is 5.21 Å². The van der Waals surface area contributed by atoms with Gasteiger partial charge in [0.1, 0.15) is 0 Å². The van der Waals surface area contributed by atoms with E-state index in [-0.39, 0.29) is 11.1 Å². The van der Waals surface area contributed by atoms with E-state index in [1.807, 2.05) is 0 Å². The van der Waals surface area contributed by atoms with Crippen LogP contribution in [0.4, 0.5) is 4.39 Å². The Morgan fingerprint density at radius 3 is 2.83 bits per heavy atom. The zero-order chi connectivity index (χ0) is 17.0. The highest BCUT2D eigenvalue weighted by atomic mass is 19.1. The Morgan fingerprint density at radius 1 is 1.38 bits per heavy atom. The van der Waals surface area contributed by atoms with Crippen molar-refractivity contribution in [3.63, 3.8) is 0 Å². The third-order valence-electron chi connectivity index (χ3n) is 4.04. The molecule has 3 heterocycles. The van der Waals surface area contributed by atoms with Crippen LogP contribution in [-0.2, 0) is 7.05 Å². The number of nitrogens with one attached hydrogen (secondary N) is 1. The van der Waals surface area contributed by atoms with E-state index in [2.05, 4.69) is 20.3 Å². The number of H-pyrrole nitrogens is 1. The molecule has 0 saturated carbocycles. The predicted octanol–water partition coefficient (Wildman–Crippen LogP) is 2.66. The largest absolute Gasteiger partial charge is 0.478 e. The van der Waals surface area contributed by atoms with Crippen LogP contribution in [0.5, 0.6) is 0 Å². The number of aromatic nitrogens is 5. The third-order valence-corrected chi connectivity index (χ3v) is 4.04. The zero-order valence-corrected chi connectivity index (χ0v) is 12.8. The number of carboxylic acids is 1. The fourth-order valence-corrected chi connectivity index (χ4v) is 2.93. The van der Waals surface area contributed by atoms with Crippen LogP contribution in [0.1, 0.15) is 16.1 Å². The number of nitrogens with zero attached hydrogens (tertiary/aromatic N) is 4. The fourth-order valence-electron chi connectivity index (χ4n) is 2.93. The Morgan fingerprint density at radius 2 is 2.17 bits per heavy atom. The number of hydrogen-bond acceptors (Lipinski definition) is 4. The number of benzene rings is 1. The molecular formula is C16H12FN5O2. The highest BCUT2D eigenvalue weighted by molar-refractivity contribution is 6.07. The quantitative estimate of drug-likeness (QED) is 0.590. The molecule has 7 nitrogen and oxygen atoms in total. The number of halogens is 1. The molecule has 3 aromatic heterocycles. The molecule has 2 N–H and O–H groups in total. The van der Waals surface area contributed by atoms with Crippen LogP contribution in [0.15, 0.2) is 24.4 Å². The number of aromatic carboxylic acids is 1. The predicted molar refractivity (Wildman–Crippen MR) is 85.3 cm³/mol. The van der Waals surface area contributed by atoms with Crippen LogP contribution in [0.2, 0.25) is 0 Å². The smallest absolute Gasteiger partial charge is 0.337 e. The molecule has 0 aliphatic heterocycles. The summed E-state index contributed by atoms with van der Waals surface area (Å²) >= 11 is 0. The van der Waals surface area contributed by atoms with Crippen LogP contribution in [0.25, 0.3) is 33.2 Å². The van der Waals surface area contributed by atoms with Gasteiger partial charge in [0.05, 0.1) is 33.5 Å². The number of hydrogen-bond donors (Lipinski definition) is 2. The number of aryl methyl sites for hydroxylation is 2. The number of fused-ring (bicyclic) bond motifs is 3. The summed E-state index contributed by atoms with van der Waals surface area (Å²) in [5.74, 6) is -1.53. The van der Waals surface area contributed by atoms with Gasteiger partial charge in [-0.3, -0.25) is 4.98 Å². The zero-order valence-electron chi connectivity index (χ0n) is 12.8. The van der Waals surface area contributed by atoms with Gasteiger partial charge < -0.3 is 10.1 Å². The van der Waals surface area contributed by atoms with E-state index in [4.69, 9.17) is 5.11 Å². The van der Waals surface area contributed by atoms with Crippen LogP contribution < -0.4 is 0 Å². The van der Waals surface area contributed by atoms with Gasteiger partial charge in [-0.25, -0.2) is 13.9 Å². The number of pyridine rings is 1. The van der Waals surface area contributed by atoms with Crippen molar-refractivity contribution in [1.82, 2.24) is 25.0 Å². The molecule has 0 fully saturated rings. The lowest BCUT2D eigenvalue weighted by Gasteiger charge is -2.05. The highest BCUT2D eigenvalue weighted by Gasteiger charge is 2.19. The summed E-state index contributed by atoms with van der Waals surface area (Å²) in [7, 11) is 1.70. The average Bonchev–Trinajstić information content (AvgIpc) is 3.09. The topological polar surface area (TPSA) is 96.7 Å². The summed E-state index contributed by atoms with van der Waals surface area (Å²) in [5, 5.41) is 17.5. The van der Waals surface area contributed by atoms with Crippen LogP contribution in [0.3, 0.4) is 0 Å². The lowest BCUT2D eigenvalue weighted by Crippen LogP contribution is -1.97. The Hall–Kier alpha value is -3.29. The highest BCUT2D eigenvalue weighted by Crippen LogP contribution is 2.32. The Bertz CT molecular complexity index is 1110. The second-order valence-corrected chi connectivity index (χ2v) is 5.55. The second-order valence-electron chi connectivity index (χ2n) is 5.55. The van der Waals surface area contributed by atoms with Crippen molar-refractivity contribution < 1.29 is 14.3 Å². The van der Waals surface area contributed by atoms with Gasteiger partial charge in [0.15, 0.2) is 5.82 Å². The molecule has 0 aliphatic rings. The van der Waals surface area contributed by atoms with Gasteiger partial charge in [-0.05, 0) is 25.1 Å². The molecule has 0 radical (unpaired) electrons. The summed E-state index contributed by atoms with van der Waals surface area (Å²) in [6.07, 6.45) is 1.26. The molecule has 0 unspecified atom stereocenters. The lowest BCUT2D eigenvalue weighted by atomic mass is 10.1. The van der Waals surface area contributed by atoms with Gasteiger partial charge in [-0.2, -0.15) is 0 Å². The standard InChI is InChI=1S/C16H12FN5O2/c1-7-15(22(2)21-20-7)9-3-4-10-13-11(19-14(10)12(9)17)5-8(6-18-13)16(23)24/h3-6,19H,1-2H3,(H,23,24). The minimum atomic E-state index is -1.08. The maximum absolute atomic E-state index is 15.0. The number of carbonyl (C=O) groups is 1. The molecule has 4 rings (SSSR count). The van der Waals surface area contributed by atoms with Crippen molar-refractivity contribution in [2.75, 3.05) is 0 Å². The average molecular weight is 325 g/mol. The third kappa shape index (κ3) is 1.89. The summed E-state index contributed by atoms with van der Waals surface area (Å²) in [4.78, 5) is 18.1. The summed E-state index contributed by atoms with van der Waals surface area (Å²) in [6.45, 7) is 1.76. The van der Waals surface area contributed by atoms with E-state index in [0.717, 1.165) is 0 Å². The molecule has 4 aromatic rings. The van der Waals surface area contributed by atoms with Crippen molar-refractivity contribution in [3.05, 3.63) is 41.5 Å². The number of aromatic amines is 1. The second kappa shape index (κ2) is 4.85. The van der Waals surface area contributed by atoms with E-state index >= 15 is 4.39 Å². The Kier molecular flexibility index (Phi) is 2.89. The van der Waals surface area contributed by atoms with Gasteiger partial charge in [0, 0.05) is 24.2 Å². The molecule has 0 amide bonds. The lowest BCUT2D eigenvalue weighted by molar-refractivity contribution is 0.0696. The van der Waals surface area contributed by atoms with Crippen molar-refractivity contribution in [2.45, 2.75) is 6.92 Å². The maximum Gasteiger partial charge on any atom is 0.337 e. The van der Waals surface area contributed by atoms with E-state index < -0.39 is 11.8 Å². The van der Waals surface area contributed by atoms with Crippen molar-refractivity contribution in [1.29, 1.82) is 0 Å². The molecule has 120 valence electrons. The van der Waals surface area contributed by atoms with Gasteiger partial charge >= 0.3 is 5.97 Å². The van der Waals surface area contributed by atoms with Crippen LogP contribution >= 0.6 is 0 Å². The van der Waals surface area contributed by atoms with E-state index in [9.17, 15) is 4.79 Å². The molecule has 0 aliphatic carbocycles. The Balaban J connectivity index is 2.03. The first-order valence-electron chi connectivity index (χ1n) is 7.17. The van der Waals surface area contributed by atoms with Crippen LogP contribution in [-0.4, -0.2) is 36.0 Å². The molecule has 0 saturated heterocycles. The summed E-state index contributed by atoms with van der Waals surface area (Å²) in [5.41, 5.74) is 2.91. The van der Waals surface area contributed by atoms with Gasteiger partial charge in [0.2, 0.25) is 0 Å². The minimum absolute atomic E-state index is 0.0429. The first-order chi connectivity index (χ1) is 11.5. The number of carboxylic acid groups (broad SMARTS) is 1. The SMILES string of the molecule is Cc1nnn(C)c1-c1ccc2c([nH]c3cc(C(=O)O)cnc32)c1F. The maximum atomic E-state index is 15.0. The normalized spacial score (nSPS) is 11.5.